The van der Waals surface area contributed by atoms with Gasteiger partial charge in [0.1, 0.15) is 11.2 Å². The van der Waals surface area contributed by atoms with Gasteiger partial charge in [0.2, 0.25) is 0 Å². The Bertz CT molecular complexity index is 1300. The molecule has 144 valence electrons. The average Bonchev–Trinajstić information content (AvgIpc) is 3.23. The zero-order valence-electron chi connectivity index (χ0n) is 16.3. The monoisotopic (exact) mass is 450 g/mol. The van der Waals surface area contributed by atoms with Crippen LogP contribution in [0, 0.1) is 0 Å². The topological polar surface area (TPSA) is 9.23 Å². The van der Waals surface area contributed by atoms with E-state index in [0.717, 1.165) is 0 Å². The first-order valence-corrected chi connectivity index (χ1v) is 11.2. The maximum absolute atomic E-state index is 7.42. The quantitative estimate of drug-likeness (QED) is 0.312. The van der Waals surface area contributed by atoms with Gasteiger partial charge in [-0.15, -0.1) is 0 Å². The number of benzene rings is 4. The van der Waals surface area contributed by atoms with Crippen LogP contribution in [0.25, 0.3) is 0 Å². The Morgan fingerprint density at radius 2 is 1.10 bits per heavy atom. The Labute approximate surface area is 184 Å². The summed E-state index contributed by atoms with van der Waals surface area (Å²) in [6, 6.07) is 39.1. The summed E-state index contributed by atoms with van der Waals surface area (Å²) < 4.78 is 7.10. The first-order valence-electron chi connectivity index (χ1n) is 10.4. The van der Waals surface area contributed by atoms with Crippen molar-refractivity contribution in [3.63, 3.8) is 0 Å². The van der Waals surface area contributed by atoms with E-state index >= 15 is 0 Å². The molecule has 4 unspecified atom stereocenters. The molecule has 4 atom stereocenters. The molecule has 2 aliphatic heterocycles. The molecule has 0 N–H and O–H groups in total. The molecule has 0 saturated carbocycles. The van der Waals surface area contributed by atoms with Gasteiger partial charge >= 0.3 is 0 Å². The lowest BCUT2D eigenvalue weighted by molar-refractivity contribution is -0.0472. The second kappa shape index (κ2) is 5.51. The van der Waals surface area contributed by atoms with Gasteiger partial charge in [0, 0.05) is 5.92 Å². The van der Waals surface area contributed by atoms with Gasteiger partial charge in [-0.2, -0.15) is 0 Å². The third-order valence-corrected chi connectivity index (χ3v) is 8.83. The summed E-state index contributed by atoms with van der Waals surface area (Å²) in [7, 11) is 0. The second-order valence-corrected chi connectivity index (χ2v) is 9.78. The molecule has 1 fully saturated rings. The first-order chi connectivity index (χ1) is 14.7. The average molecular weight is 451 g/mol. The molecule has 2 heteroatoms. The normalized spacial score (nSPS) is 32.1. The number of fused-ring (bicyclic) bond motifs is 11. The van der Waals surface area contributed by atoms with E-state index in [9.17, 15) is 0 Å². The molecule has 1 saturated heterocycles. The molecular weight excluding hydrogens is 432 g/mol. The summed E-state index contributed by atoms with van der Waals surface area (Å²) in [5.41, 5.74) is 6.58. The van der Waals surface area contributed by atoms with Crippen LogP contribution in [0.1, 0.15) is 39.3 Å². The molecule has 0 spiro atoms. The highest BCUT2D eigenvalue weighted by atomic mass is 79.9. The minimum atomic E-state index is -0.584. The highest BCUT2D eigenvalue weighted by molar-refractivity contribution is 9.09. The van der Waals surface area contributed by atoms with Crippen molar-refractivity contribution >= 4 is 15.9 Å². The Morgan fingerprint density at radius 1 is 0.567 bits per heavy atom. The van der Waals surface area contributed by atoms with Crippen LogP contribution in [0.5, 0.6) is 0 Å². The van der Waals surface area contributed by atoms with Crippen molar-refractivity contribution in [2.45, 2.75) is 21.4 Å². The van der Waals surface area contributed by atoms with E-state index in [-0.39, 0.29) is 10.2 Å². The zero-order valence-corrected chi connectivity index (χ0v) is 17.8. The number of rotatable bonds is 2. The lowest BCUT2D eigenvalue weighted by Gasteiger charge is -2.55. The van der Waals surface area contributed by atoms with Crippen molar-refractivity contribution in [3.8, 4) is 0 Å². The smallest absolute Gasteiger partial charge is 0.140 e. The molecular formula is C28H19BrO. The molecule has 0 radical (unpaired) electrons. The molecule has 2 bridgehead atoms. The molecule has 0 aromatic heterocycles. The first kappa shape index (κ1) is 17.0. The number of ether oxygens (including phenoxy) is 1. The SMILES string of the molecule is BrC12c3ccccc3C1C1(c3ccccc3)OC2(c2ccccc2)c2ccccc21. The summed E-state index contributed by atoms with van der Waals surface area (Å²) >= 11 is 4.32. The van der Waals surface area contributed by atoms with Gasteiger partial charge in [-0.25, -0.2) is 0 Å². The Hall–Kier alpha value is -2.68. The van der Waals surface area contributed by atoms with Crippen LogP contribution in [-0.2, 0) is 20.3 Å². The molecule has 4 aromatic rings. The van der Waals surface area contributed by atoms with Crippen LogP contribution in [0.3, 0.4) is 0 Å². The zero-order chi connectivity index (χ0) is 20.0. The summed E-state index contributed by atoms with van der Waals surface area (Å²) in [5.74, 6) is 0.193. The highest BCUT2D eigenvalue weighted by Gasteiger charge is 2.82. The van der Waals surface area contributed by atoms with Crippen molar-refractivity contribution in [1.82, 2.24) is 0 Å². The van der Waals surface area contributed by atoms with Gasteiger partial charge < -0.3 is 4.74 Å². The standard InChI is InChI=1S/C28H19BrO/c29-27-22-16-8-7-15-21(22)25(27)26(19-11-3-1-4-12-19)23-17-9-10-18-24(23)28(27,30-26)20-13-5-2-6-14-20/h1-18,25H. The number of hydrogen-bond acceptors (Lipinski definition) is 1. The molecule has 2 heterocycles. The Morgan fingerprint density at radius 3 is 1.80 bits per heavy atom. The summed E-state index contributed by atoms with van der Waals surface area (Å²) in [6.45, 7) is 0. The van der Waals surface area contributed by atoms with E-state index in [2.05, 4.69) is 125 Å². The number of halogens is 1. The van der Waals surface area contributed by atoms with Gasteiger partial charge in [-0.3, -0.25) is 0 Å². The minimum absolute atomic E-state index is 0.193. The fourth-order valence-electron chi connectivity index (χ4n) is 6.38. The van der Waals surface area contributed by atoms with Crippen LogP contribution in [0.2, 0.25) is 0 Å². The van der Waals surface area contributed by atoms with Crippen molar-refractivity contribution in [2.75, 3.05) is 0 Å². The van der Waals surface area contributed by atoms with Gasteiger partial charge in [0.15, 0.2) is 0 Å². The fraction of sp³-hybridized carbons (Fsp3) is 0.143. The number of hydrogen-bond donors (Lipinski definition) is 0. The van der Waals surface area contributed by atoms with Crippen molar-refractivity contribution in [1.29, 1.82) is 0 Å². The van der Waals surface area contributed by atoms with E-state index < -0.39 is 11.2 Å². The van der Waals surface area contributed by atoms with E-state index in [1.54, 1.807) is 0 Å². The lowest BCUT2D eigenvalue weighted by atomic mass is 9.50. The second-order valence-electron chi connectivity index (χ2n) is 8.53. The summed E-state index contributed by atoms with van der Waals surface area (Å²) in [5, 5.41) is 0. The fourth-order valence-corrected chi connectivity index (χ4v) is 7.83. The maximum atomic E-state index is 7.42. The summed E-state index contributed by atoms with van der Waals surface area (Å²) in [4.78, 5) is 0. The van der Waals surface area contributed by atoms with Crippen LogP contribution < -0.4 is 0 Å². The maximum Gasteiger partial charge on any atom is 0.140 e. The Kier molecular flexibility index (Phi) is 3.13. The van der Waals surface area contributed by atoms with E-state index in [4.69, 9.17) is 4.74 Å². The van der Waals surface area contributed by atoms with Gasteiger partial charge in [0.25, 0.3) is 0 Å². The third kappa shape index (κ3) is 1.61. The molecule has 7 rings (SSSR count). The molecule has 1 aliphatic carbocycles. The van der Waals surface area contributed by atoms with Gasteiger partial charge in [-0.05, 0) is 33.4 Å². The van der Waals surface area contributed by atoms with Gasteiger partial charge in [-0.1, -0.05) is 125 Å². The molecule has 4 aromatic carbocycles. The van der Waals surface area contributed by atoms with Crippen molar-refractivity contribution in [3.05, 3.63) is 143 Å². The van der Waals surface area contributed by atoms with Crippen LogP contribution in [0.4, 0.5) is 0 Å². The minimum Gasteiger partial charge on any atom is -0.347 e. The number of alkyl halides is 1. The van der Waals surface area contributed by atoms with Crippen LogP contribution in [0.15, 0.2) is 109 Å². The van der Waals surface area contributed by atoms with Crippen molar-refractivity contribution < 1.29 is 4.74 Å². The predicted molar refractivity (Wildman–Crippen MR) is 122 cm³/mol. The molecule has 3 aliphatic rings. The third-order valence-electron chi connectivity index (χ3n) is 7.38. The van der Waals surface area contributed by atoms with E-state index in [1.165, 1.54) is 33.4 Å². The summed E-state index contributed by atoms with van der Waals surface area (Å²) in [6.07, 6.45) is 0. The van der Waals surface area contributed by atoms with Crippen molar-refractivity contribution in [2.24, 2.45) is 0 Å². The molecule has 0 amide bonds. The Balaban J connectivity index is 1.66. The molecule has 1 nitrogen and oxygen atoms in total. The van der Waals surface area contributed by atoms with E-state index in [0.29, 0.717) is 0 Å². The van der Waals surface area contributed by atoms with Crippen LogP contribution in [-0.4, -0.2) is 0 Å². The van der Waals surface area contributed by atoms with Gasteiger partial charge in [0.05, 0.1) is 4.32 Å². The van der Waals surface area contributed by atoms with Crippen LogP contribution >= 0.6 is 15.9 Å². The lowest BCUT2D eigenvalue weighted by Crippen LogP contribution is -2.54. The largest absolute Gasteiger partial charge is 0.347 e. The van der Waals surface area contributed by atoms with E-state index in [1.807, 2.05) is 0 Å². The predicted octanol–water partition coefficient (Wildman–Crippen LogP) is 6.61. The molecule has 30 heavy (non-hydrogen) atoms. The highest BCUT2D eigenvalue weighted by Crippen LogP contribution is 2.83.